The van der Waals surface area contributed by atoms with Crippen molar-refractivity contribution in [3.05, 3.63) is 131 Å². The topological polar surface area (TPSA) is 18.5 Å². The lowest BCUT2D eigenvalue weighted by Crippen LogP contribution is -2.33. The van der Waals surface area contributed by atoms with Crippen molar-refractivity contribution >= 4 is 0 Å². The van der Waals surface area contributed by atoms with Gasteiger partial charge in [-0.25, -0.2) is 0 Å². The first-order valence-corrected chi connectivity index (χ1v) is 10.6. The fourth-order valence-electron chi connectivity index (χ4n) is 4.34. The van der Waals surface area contributed by atoms with Crippen molar-refractivity contribution in [2.24, 2.45) is 0 Å². The SMILES string of the molecule is COc1ccc(CC(Cc2ccc(OC)cc2)(c2ccccc2)c2ccccc2)cc1. The minimum atomic E-state index is -0.203. The monoisotopic (exact) mass is 408 g/mol. The maximum atomic E-state index is 5.37. The number of hydrogen-bond acceptors (Lipinski definition) is 2. The summed E-state index contributed by atoms with van der Waals surface area (Å²) in [5.74, 6) is 1.76. The van der Waals surface area contributed by atoms with Gasteiger partial charge in [-0.05, 0) is 59.4 Å². The normalized spacial score (nSPS) is 11.2. The molecule has 0 saturated heterocycles. The highest BCUT2D eigenvalue weighted by molar-refractivity contribution is 5.45. The lowest BCUT2D eigenvalue weighted by molar-refractivity contribution is 0.414. The number of rotatable bonds is 8. The second-order valence-electron chi connectivity index (χ2n) is 7.86. The van der Waals surface area contributed by atoms with Crippen LogP contribution in [-0.2, 0) is 18.3 Å². The quantitative estimate of drug-likeness (QED) is 0.332. The van der Waals surface area contributed by atoms with Gasteiger partial charge in [-0.3, -0.25) is 0 Å². The molecule has 0 bridgehead atoms. The van der Waals surface area contributed by atoms with E-state index in [9.17, 15) is 0 Å². The molecule has 4 rings (SSSR count). The van der Waals surface area contributed by atoms with Crippen LogP contribution in [0, 0.1) is 0 Å². The van der Waals surface area contributed by atoms with Gasteiger partial charge in [0, 0.05) is 5.41 Å². The molecule has 2 nitrogen and oxygen atoms in total. The predicted molar refractivity (Wildman–Crippen MR) is 127 cm³/mol. The van der Waals surface area contributed by atoms with Crippen molar-refractivity contribution in [3.8, 4) is 11.5 Å². The second kappa shape index (κ2) is 9.53. The zero-order valence-corrected chi connectivity index (χ0v) is 18.1. The van der Waals surface area contributed by atoms with Gasteiger partial charge in [-0.1, -0.05) is 84.9 Å². The van der Waals surface area contributed by atoms with Crippen LogP contribution in [0.5, 0.6) is 11.5 Å². The number of benzene rings is 4. The fraction of sp³-hybridized carbons (Fsp3) is 0.172. The third-order valence-corrected chi connectivity index (χ3v) is 5.98. The molecule has 156 valence electrons. The summed E-state index contributed by atoms with van der Waals surface area (Å²) in [6.07, 6.45) is 1.77. The standard InChI is InChI=1S/C29H28O2/c1-30-27-17-13-23(14-18-27)21-29(25-9-5-3-6-10-25,26-11-7-4-8-12-26)22-24-15-19-28(31-2)20-16-24/h3-20H,21-22H2,1-2H3. The molecule has 0 radical (unpaired) electrons. The van der Waals surface area contributed by atoms with Crippen molar-refractivity contribution in [3.63, 3.8) is 0 Å². The van der Waals surface area contributed by atoms with Crippen molar-refractivity contribution in [2.75, 3.05) is 14.2 Å². The second-order valence-corrected chi connectivity index (χ2v) is 7.86. The van der Waals surface area contributed by atoms with Crippen LogP contribution in [0.1, 0.15) is 22.3 Å². The van der Waals surface area contributed by atoms with Crippen LogP contribution in [0.2, 0.25) is 0 Å². The fourth-order valence-corrected chi connectivity index (χ4v) is 4.34. The van der Waals surface area contributed by atoms with Gasteiger partial charge in [-0.15, -0.1) is 0 Å². The summed E-state index contributed by atoms with van der Waals surface area (Å²) >= 11 is 0. The molecule has 0 heterocycles. The van der Waals surface area contributed by atoms with Crippen LogP contribution < -0.4 is 9.47 Å². The maximum Gasteiger partial charge on any atom is 0.118 e. The third kappa shape index (κ3) is 4.64. The van der Waals surface area contributed by atoms with Crippen LogP contribution >= 0.6 is 0 Å². The molecule has 0 atom stereocenters. The van der Waals surface area contributed by atoms with Gasteiger partial charge in [0.2, 0.25) is 0 Å². The first-order chi connectivity index (χ1) is 15.2. The smallest absolute Gasteiger partial charge is 0.118 e. The van der Waals surface area contributed by atoms with Crippen molar-refractivity contribution < 1.29 is 9.47 Å². The van der Waals surface area contributed by atoms with Gasteiger partial charge < -0.3 is 9.47 Å². The van der Waals surface area contributed by atoms with E-state index >= 15 is 0 Å². The molecule has 31 heavy (non-hydrogen) atoms. The van der Waals surface area contributed by atoms with E-state index in [4.69, 9.17) is 9.47 Å². The summed E-state index contributed by atoms with van der Waals surface area (Å²) in [6.45, 7) is 0. The molecule has 0 saturated carbocycles. The van der Waals surface area contributed by atoms with Crippen LogP contribution in [0.3, 0.4) is 0 Å². The van der Waals surface area contributed by atoms with Gasteiger partial charge >= 0.3 is 0 Å². The molecule has 4 aromatic carbocycles. The Balaban J connectivity index is 1.84. The first kappa shape index (κ1) is 20.7. The lowest BCUT2D eigenvalue weighted by atomic mass is 9.67. The Bertz CT molecular complexity index is 978. The van der Waals surface area contributed by atoms with E-state index in [0.29, 0.717) is 0 Å². The Morgan fingerprint density at radius 1 is 0.484 bits per heavy atom. The van der Waals surface area contributed by atoms with Crippen LogP contribution in [0.15, 0.2) is 109 Å². The van der Waals surface area contributed by atoms with E-state index in [-0.39, 0.29) is 5.41 Å². The third-order valence-electron chi connectivity index (χ3n) is 5.98. The number of ether oxygens (including phenoxy) is 2. The molecule has 0 unspecified atom stereocenters. The number of hydrogen-bond donors (Lipinski definition) is 0. The first-order valence-electron chi connectivity index (χ1n) is 10.6. The molecular weight excluding hydrogens is 380 g/mol. The zero-order valence-electron chi connectivity index (χ0n) is 18.1. The molecule has 2 heteroatoms. The molecule has 0 aromatic heterocycles. The van der Waals surface area contributed by atoms with E-state index in [1.54, 1.807) is 14.2 Å². The maximum absolute atomic E-state index is 5.37. The molecule has 0 spiro atoms. The zero-order chi connectivity index (χ0) is 21.5. The highest BCUT2D eigenvalue weighted by atomic mass is 16.5. The lowest BCUT2D eigenvalue weighted by Gasteiger charge is -2.36. The van der Waals surface area contributed by atoms with Crippen LogP contribution in [0.4, 0.5) is 0 Å². The molecular formula is C29H28O2. The highest BCUT2D eigenvalue weighted by Gasteiger charge is 2.34. The Labute approximate surface area is 185 Å². The number of methoxy groups -OCH3 is 2. The van der Waals surface area contributed by atoms with E-state index in [1.165, 1.54) is 22.3 Å². The van der Waals surface area contributed by atoms with Crippen molar-refractivity contribution in [2.45, 2.75) is 18.3 Å². The average Bonchev–Trinajstić information content (AvgIpc) is 2.85. The molecule has 4 aromatic rings. The van der Waals surface area contributed by atoms with E-state index in [1.807, 2.05) is 24.3 Å². The van der Waals surface area contributed by atoms with Crippen molar-refractivity contribution in [1.82, 2.24) is 0 Å². The summed E-state index contributed by atoms with van der Waals surface area (Å²) in [6, 6.07) is 38.6. The van der Waals surface area contributed by atoms with Crippen LogP contribution in [0.25, 0.3) is 0 Å². The summed E-state index contributed by atoms with van der Waals surface area (Å²) in [5.41, 5.74) is 4.98. The van der Waals surface area contributed by atoms with E-state index in [2.05, 4.69) is 84.9 Å². The molecule has 0 fully saturated rings. The molecule has 0 aliphatic heterocycles. The minimum Gasteiger partial charge on any atom is -0.497 e. The summed E-state index contributed by atoms with van der Waals surface area (Å²) < 4.78 is 10.7. The van der Waals surface area contributed by atoms with Crippen molar-refractivity contribution in [1.29, 1.82) is 0 Å². The van der Waals surface area contributed by atoms with Gasteiger partial charge in [0.05, 0.1) is 14.2 Å². The molecule has 0 aliphatic carbocycles. The van der Waals surface area contributed by atoms with E-state index in [0.717, 1.165) is 24.3 Å². The van der Waals surface area contributed by atoms with Gasteiger partial charge in [-0.2, -0.15) is 0 Å². The Morgan fingerprint density at radius 3 is 1.16 bits per heavy atom. The summed E-state index contributed by atoms with van der Waals surface area (Å²) in [5, 5.41) is 0. The van der Waals surface area contributed by atoms with E-state index < -0.39 is 0 Å². The highest BCUT2D eigenvalue weighted by Crippen LogP contribution is 2.39. The summed E-state index contributed by atoms with van der Waals surface area (Å²) in [7, 11) is 3.41. The van der Waals surface area contributed by atoms with Crippen LogP contribution in [-0.4, -0.2) is 14.2 Å². The predicted octanol–water partition coefficient (Wildman–Crippen LogP) is 6.48. The molecule has 0 aliphatic rings. The Morgan fingerprint density at radius 2 is 0.839 bits per heavy atom. The Hall–Kier alpha value is -3.52. The molecule has 0 N–H and O–H groups in total. The van der Waals surface area contributed by atoms with Gasteiger partial charge in [0.25, 0.3) is 0 Å². The molecule has 0 amide bonds. The minimum absolute atomic E-state index is 0.203. The van der Waals surface area contributed by atoms with Gasteiger partial charge in [0.1, 0.15) is 11.5 Å². The largest absolute Gasteiger partial charge is 0.497 e. The average molecular weight is 409 g/mol. The summed E-state index contributed by atoms with van der Waals surface area (Å²) in [4.78, 5) is 0. The Kier molecular flexibility index (Phi) is 6.37. The van der Waals surface area contributed by atoms with Gasteiger partial charge in [0.15, 0.2) is 0 Å².